The molecule has 2 amide bonds. The summed E-state index contributed by atoms with van der Waals surface area (Å²) in [5, 5.41) is 8.61. The number of nitrogens with one attached hydrogen (secondary N) is 2. The van der Waals surface area contributed by atoms with E-state index in [9.17, 15) is 9.59 Å². The number of carbonyl (C=O) groups is 2. The first-order chi connectivity index (χ1) is 7.13. The number of nitriles is 1. The van der Waals surface area contributed by atoms with E-state index in [4.69, 9.17) is 5.26 Å². The quantitative estimate of drug-likeness (QED) is 0.645. The van der Waals surface area contributed by atoms with E-state index in [0.29, 0.717) is 11.1 Å². The van der Waals surface area contributed by atoms with Gasteiger partial charge in [0, 0.05) is 12.5 Å². The van der Waals surface area contributed by atoms with Crippen molar-refractivity contribution in [1.29, 1.82) is 5.26 Å². The number of amides is 2. The number of hydrogen-bond donors (Lipinski definition) is 2. The molecule has 0 aliphatic carbocycles. The minimum atomic E-state index is -0.456. The monoisotopic (exact) mass is 203 g/mol. The maximum absolute atomic E-state index is 11.4. The molecule has 0 heterocycles. The van der Waals surface area contributed by atoms with Crippen molar-refractivity contribution in [1.82, 2.24) is 10.9 Å². The molecule has 2 N–H and O–H groups in total. The van der Waals surface area contributed by atoms with Crippen LogP contribution >= 0.6 is 0 Å². The molecule has 0 saturated carbocycles. The highest BCUT2D eigenvalue weighted by atomic mass is 16.2. The summed E-state index contributed by atoms with van der Waals surface area (Å²) in [6.07, 6.45) is 0. The fraction of sp³-hybridized carbons (Fsp3) is 0.100. The van der Waals surface area contributed by atoms with Gasteiger partial charge < -0.3 is 0 Å². The van der Waals surface area contributed by atoms with E-state index in [1.165, 1.54) is 13.0 Å². The van der Waals surface area contributed by atoms with Gasteiger partial charge in [0.25, 0.3) is 5.91 Å². The highest BCUT2D eigenvalue weighted by Gasteiger charge is 2.05. The summed E-state index contributed by atoms with van der Waals surface area (Å²) in [7, 11) is 0. The molecule has 5 nitrogen and oxygen atoms in total. The topological polar surface area (TPSA) is 82.0 Å². The zero-order valence-electron chi connectivity index (χ0n) is 8.07. The zero-order chi connectivity index (χ0) is 11.3. The molecule has 15 heavy (non-hydrogen) atoms. The zero-order valence-corrected chi connectivity index (χ0v) is 8.07. The third-order valence-electron chi connectivity index (χ3n) is 1.61. The van der Waals surface area contributed by atoms with Crippen molar-refractivity contribution in [2.45, 2.75) is 6.92 Å². The van der Waals surface area contributed by atoms with Gasteiger partial charge in [-0.05, 0) is 18.2 Å². The summed E-state index contributed by atoms with van der Waals surface area (Å²) in [4.78, 5) is 21.9. The van der Waals surface area contributed by atoms with Crippen LogP contribution in [0.25, 0.3) is 0 Å². The fourth-order valence-corrected chi connectivity index (χ4v) is 0.947. The van der Waals surface area contributed by atoms with Crippen molar-refractivity contribution in [3.05, 3.63) is 35.4 Å². The molecule has 5 heteroatoms. The van der Waals surface area contributed by atoms with Crippen LogP contribution in [0.15, 0.2) is 24.3 Å². The lowest BCUT2D eigenvalue weighted by molar-refractivity contribution is -0.119. The van der Waals surface area contributed by atoms with E-state index in [1.54, 1.807) is 18.2 Å². The van der Waals surface area contributed by atoms with E-state index < -0.39 is 5.91 Å². The molecule has 0 aliphatic heterocycles. The van der Waals surface area contributed by atoms with Gasteiger partial charge in [-0.1, -0.05) is 6.07 Å². The number of hydrazine groups is 1. The molecule has 76 valence electrons. The SMILES string of the molecule is CC(=O)NNC(=O)c1cccc(C#N)c1. The molecular formula is C10H9N3O2. The predicted octanol–water partition coefficient (Wildman–Crippen LogP) is 0.339. The van der Waals surface area contributed by atoms with E-state index in [0.717, 1.165) is 0 Å². The van der Waals surface area contributed by atoms with Gasteiger partial charge in [0.2, 0.25) is 5.91 Å². The molecule has 1 rings (SSSR count). The summed E-state index contributed by atoms with van der Waals surface area (Å²) in [5.74, 6) is -0.818. The van der Waals surface area contributed by atoms with Crippen LogP contribution in [0.5, 0.6) is 0 Å². The molecule has 0 aromatic heterocycles. The number of rotatable bonds is 1. The number of hydrogen-bond acceptors (Lipinski definition) is 3. The highest BCUT2D eigenvalue weighted by molar-refractivity contribution is 5.95. The summed E-state index contributed by atoms with van der Waals surface area (Å²) < 4.78 is 0. The highest BCUT2D eigenvalue weighted by Crippen LogP contribution is 2.03. The van der Waals surface area contributed by atoms with E-state index in [2.05, 4.69) is 10.9 Å². The number of benzene rings is 1. The lowest BCUT2D eigenvalue weighted by Gasteiger charge is -2.04. The van der Waals surface area contributed by atoms with E-state index >= 15 is 0 Å². The second kappa shape index (κ2) is 4.77. The normalized spacial score (nSPS) is 8.80. The van der Waals surface area contributed by atoms with E-state index in [1.807, 2.05) is 6.07 Å². The van der Waals surface area contributed by atoms with Gasteiger partial charge in [-0.25, -0.2) is 0 Å². The van der Waals surface area contributed by atoms with Crippen molar-refractivity contribution < 1.29 is 9.59 Å². The second-order valence-corrected chi connectivity index (χ2v) is 2.83. The van der Waals surface area contributed by atoms with Crippen LogP contribution in [0, 0.1) is 11.3 Å². The Bertz CT molecular complexity index is 435. The average Bonchev–Trinajstić information content (AvgIpc) is 2.26. The van der Waals surface area contributed by atoms with Crippen LogP contribution in [-0.4, -0.2) is 11.8 Å². The summed E-state index contributed by atoms with van der Waals surface area (Å²) in [5.41, 5.74) is 5.08. The molecule has 1 aromatic carbocycles. The first-order valence-corrected chi connectivity index (χ1v) is 4.20. The molecule has 0 fully saturated rings. The Morgan fingerprint density at radius 2 is 2.07 bits per heavy atom. The minimum absolute atomic E-state index is 0.322. The van der Waals surface area contributed by atoms with Gasteiger partial charge in [0.1, 0.15) is 0 Å². The molecular weight excluding hydrogens is 194 g/mol. The molecule has 0 atom stereocenters. The smallest absolute Gasteiger partial charge is 0.269 e. The molecule has 0 aliphatic rings. The minimum Gasteiger partial charge on any atom is -0.274 e. The maximum atomic E-state index is 11.4. The van der Waals surface area contributed by atoms with Crippen LogP contribution in [0.4, 0.5) is 0 Å². The van der Waals surface area contributed by atoms with Crippen LogP contribution in [0.1, 0.15) is 22.8 Å². The Kier molecular flexibility index (Phi) is 3.41. The Hall–Kier alpha value is -2.35. The van der Waals surface area contributed by atoms with Crippen LogP contribution in [-0.2, 0) is 4.79 Å². The first kappa shape index (κ1) is 10.7. The predicted molar refractivity (Wildman–Crippen MR) is 52.4 cm³/mol. The van der Waals surface area contributed by atoms with Gasteiger partial charge in [-0.2, -0.15) is 5.26 Å². The van der Waals surface area contributed by atoms with Gasteiger partial charge in [-0.3, -0.25) is 20.4 Å². The van der Waals surface area contributed by atoms with Crippen LogP contribution < -0.4 is 10.9 Å². The third-order valence-corrected chi connectivity index (χ3v) is 1.61. The molecule has 1 aromatic rings. The molecule has 0 saturated heterocycles. The van der Waals surface area contributed by atoms with Crippen molar-refractivity contribution in [3.63, 3.8) is 0 Å². The molecule has 0 unspecified atom stereocenters. The number of carbonyl (C=O) groups excluding carboxylic acids is 2. The Balaban J connectivity index is 2.74. The maximum Gasteiger partial charge on any atom is 0.269 e. The molecule has 0 bridgehead atoms. The number of nitrogens with zero attached hydrogens (tertiary/aromatic N) is 1. The van der Waals surface area contributed by atoms with E-state index in [-0.39, 0.29) is 5.91 Å². The van der Waals surface area contributed by atoms with Gasteiger partial charge in [0.15, 0.2) is 0 Å². The third kappa shape index (κ3) is 3.12. The van der Waals surface area contributed by atoms with Gasteiger partial charge in [-0.15, -0.1) is 0 Å². The lowest BCUT2D eigenvalue weighted by Crippen LogP contribution is -2.40. The molecule has 0 spiro atoms. The van der Waals surface area contributed by atoms with Crippen LogP contribution in [0.3, 0.4) is 0 Å². The fourth-order valence-electron chi connectivity index (χ4n) is 0.947. The van der Waals surface area contributed by atoms with Crippen molar-refractivity contribution in [2.24, 2.45) is 0 Å². The second-order valence-electron chi connectivity index (χ2n) is 2.83. The van der Waals surface area contributed by atoms with Crippen LogP contribution in [0.2, 0.25) is 0 Å². The Labute approximate surface area is 86.7 Å². The molecule has 0 radical (unpaired) electrons. The van der Waals surface area contributed by atoms with Crippen molar-refractivity contribution in [3.8, 4) is 6.07 Å². The first-order valence-electron chi connectivity index (χ1n) is 4.20. The van der Waals surface area contributed by atoms with Gasteiger partial charge in [0.05, 0.1) is 11.6 Å². The average molecular weight is 203 g/mol. The standard InChI is InChI=1S/C10H9N3O2/c1-7(14)12-13-10(15)9-4-2-3-8(5-9)6-11/h2-5H,1H3,(H,12,14)(H,13,15). The lowest BCUT2D eigenvalue weighted by atomic mass is 10.1. The largest absolute Gasteiger partial charge is 0.274 e. The Morgan fingerprint density at radius 3 is 2.67 bits per heavy atom. The summed E-state index contributed by atoms with van der Waals surface area (Å²) >= 11 is 0. The Morgan fingerprint density at radius 1 is 1.33 bits per heavy atom. The van der Waals surface area contributed by atoms with Crippen molar-refractivity contribution >= 4 is 11.8 Å². The summed E-state index contributed by atoms with van der Waals surface area (Å²) in [6.45, 7) is 1.28. The van der Waals surface area contributed by atoms with Gasteiger partial charge >= 0.3 is 0 Å². The van der Waals surface area contributed by atoms with Crippen molar-refractivity contribution in [2.75, 3.05) is 0 Å². The summed E-state index contributed by atoms with van der Waals surface area (Å²) in [6, 6.07) is 8.11.